The molecule has 2 aromatic rings. The number of urea groups is 1. The first-order valence-electron chi connectivity index (χ1n) is 9.06. The number of benzene rings is 2. The summed E-state index contributed by atoms with van der Waals surface area (Å²) in [7, 11) is 0. The number of carbonyl (C=O) groups excluding carboxylic acids is 2. The Hall–Kier alpha value is -2.89. The molecule has 27 heavy (non-hydrogen) atoms. The lowest BCUT2D eigenvalue weighted by Crippen LogP contribution is -2.47. The maximum absolute atomic E-state index is 12.9. The van der Waals surface area contributed by atoms with Gasteiger partial charge in [0, 0.05) is 12.2 Å². The zero-order chi connectivity index (χ0) is 19.8. The van der Waals surface area contributed by atoms with Crippen LogP contribution in [0.1, 0.15) is 36.5 Å². The Bertz CT molecular complexity index is 791. The first-order valence-corrected chi connectivity index (χ1v) is 9.06. The predicted octanol–water partition coefficient (Wildman–Crippen LogP) is 4.05. The van der Waals surface area contributed by atoms with E-state index in [1.54, 1.807) is 12.1 Å². The van der Waals surface area contributed by atoms with Crippen LogP contribution in [0.5, 0.6) is 0 Å². The maximum atomic E-state index is 12.9. The van der Waals surface area contributed by atoms with Gasteiger partial charge in [-0.1, -0.05) is 37.6 Å². The third-order valence-electron chi connectivity index (χ3n) is 4.22. The third-order valence-corrected chi connectivity index (χ3v) is 4.22. The summed E-state index contributed by atoms with van der Waals surface area (Å²) < 4.78 is 12.9. The van der Waals surface area contributed by atoms with Gasteiger partial charge in [0.1, 0.15) is 11.9 Å². The van der Waals surface area contributed by atoms with Crippen LogP contribution in [-0.4, -0.2) is 18.0 Å². The molecule has 6 heteroatoms. The Kier molecular flexibility index (Phi) is 7.34. The molecule has 0 saturated heterocycles. The summed E-state index contributed by atoms with van der Waals surface area (Å²) in [4.78, 5) is 24.8. The van der Waals surface area contributed by atoms with E-state index in [0.29, 0.717) is 6.42 Å². The second kappa shape index (κ2) is 9.71. The minimum absolute atomic E-state index is 0.248. The summed E-state index contributed by atoms with van der Waals surface area (Å²) >= 11 is 0. The van der Waals surface area contributed by atoms with Gasteiger partial charge in [-0.2, -0.15) is 0 Å². The molecule has 0 saturated carbocycles. The standard InChI is InChI=1S/C21H26FN3O2/c1-4-5-18(20(26)24-19-12-14(2)6-7-15(19)3)25-21(27)23-13-16-8-10-17(22)11-9-16/h6-12,18H,4-5,13H2,1-3H3,(H,24,26)(H2,23,25,27). The molecular weight excluding hydrogens is 345 g/mol. The van der Waals surface area contributed by atoms with Gasteiger partial charge < -0.3 is 16.0 Å². The van der Waals surface area contributed by atoms with Crippen molar-refractivity contribution in [1.82, 2.24) is 10.6 Å². The van der Waals surface area contributed by atoms with Gasteiger partial charge in [0.2, 0.25) is 5.91 Å². The number of hydrogen-bond acceptors (Lipinski definition) is 2. The predicted molar refractivity (Wildman–Crippen MR) is 105 cm³/mol. The number of aryl methyl sites for hydroxylation is 2. The van der Waals surface area contributed by atoms with E-state index in [-0.39, 0.29) is 18.3 Å². The SMILES string of the molecule is CCCC(NC(=O)NCc1ccc(F)cc1)C(=O)Nc1cc(C)ccc1C. The Labute approximate surface area is 159 Å². The summed E-state index contributed by atoms with van der Waals surface area (Å²) in [6, 6.07) is 10.7. The maximum Gasteiger partial charge on any atom is 0.315 e. The van der Waals surface area contributed by atoms with Crippen LogP contribution in [0.15, 0.2) is 42.5 Å². The number of amides is 3. The number of halogens is 1. The molecule has 0 fully saturated rings. The van der Waals surface area contributed by atoms with Crippen LogP contribution in [0.25, 0.3) is 0 Å². The number of nitrogens with one attached hydrogen (secondary N) is 3. The van der Waals surface area contributed by atoms with Gasteiger partial charge >= 0.3 is 6.03 Å². The van der Waals surface area contributed by atoms with Crippen molar-refractivity contribution in [3.8, 4) is 0 Å². The molecule has 144 valence electrons. The summed E-state index contributed by atoms with van der Waals surface area (Å²) in [5.74, 6) is -0.572. The van der Waals surface area contributed by atoms with E-state index < -0.39 is 12.1 Å². The minimum atomic E-state index is -0.636. The summed E-state index contributed by atoms with van der Waals surface area (Å²) in [5, 5.41) is 8.31. The molecule has 2 rings (SSSR count). The first kappa shape index (κ1) is 20.4. The second-order valence-electron chi connectivity index (χ2n) is 6.60. The molecule has 3 N–H and O–H groups in total. The molecule has 0 bridgehead atoms. The van der Waals surface area contributed by atoms with Crippen molar-refractivity contribution in [1.29, 1.82) is 0 Å². The number of anilines is 1. The van der Waals surface area contributed by atoms with Crippen molar-refractivity contribution < 1.29 is 14.0 Å². The van der Waals surface area contributed by atoms with Gasteiger partial charge in [0.05, 0.1) is 0 Å². The van der Waals surface area contributed by atoms with E-state index in [1.807, 2.05) is 39.0 Å². The average Bonchev–Trinajstić information content (AvgIpc) is 2.64. The normalized spacial score (nSPS) is 11.6. The molecule has 1 atom stereocenters. The third kappa shape index (κ3) is 6.40. The number of carbonyl (C=O) groups is 2. The Morgan fingerprint density at radius 3 is 2.44 bits per heavy atom. The molecule has 0 aliphatic rings. The quantitative estimate of drug-likeness (QED) is 0.687. The molecule has 3 amide bonds. The highest BCUT2D eigenvalue weighted by Gasteiger charge is 2.20. The minimum Gasteiger partial charge on any atom is -0.334 e. The Balaban J connectivity index is 1.94. The van der Waals surface area contributed by atoms with Gasteiger partial charge in [-0.05, 0) is 55.2 Å². The number of rotatable bonds is 7. The van der Waals surface area contributed by atoms with Gasteiger partial charge in [0.15, 0.2) is 0 Å². The van der Waals surface area contributed by atoms with Gasteiger partial charge in [-0.15, -0.1) is 0 Å². The molecule has 5 nitrogen and oxygen atoms in total. The zero-order valence-electron chi connectivity index (χ0n) is 15.9. The zero-order valence-corrected chi connectivity index (χ0v) is 15.9. The van der Waals surface area contributed by atoms with Crippen LogP contribution in [0.3, 0.4) is 0 Å². The van der Waals surface area contributed by atoms with Crippen LogP contribution < -0.4 is 16.0 Å². The molecule has 0 heterocycles. The molecule has 0 aromatic heterocycles. The topological polar surface area (TPSA) is 70.2 Å². The monoisotopic (exact) mass is 371 g/mol. The highest BCUT2D eigenvalue weighted by atomic mass is 19.1. The summed E-state index contributed by atoms with van der Waals surface area (Å²) in [6.45, 7) is 6.09. The fraction of sp³-hybridized carbons (Fsp3) is 0.333. The van der Waals surface area contributed by atoms with E-state index in [1.165, 1.54) is 12.1 Å². The molecular formula is C21H26FN3O2. The summed E-state index contributed by atoms with van der Waals surface area (Å²) in [5.41, 5.74) is 3.53. The van der Waals surface area contributed by atoms with Crippen molar-refractivity contribution in [3.05, 3.63) is 65.0 Å². The molecule has 0 radical (unpaired) electrons. The van der Waals surface area contributed by atoms with E-state index >= 15 is 0 Å². The molecule has 2 aromatic carbocycles. The van der Waals surface area contributed by atoms with Crippen molar-refractivity contribution >= 4 is 17.6 Å². The van der Waals surface area contributed by atoms with Crippen LogP contribution in [0.4, 0.5) is 14.9 Å². The van der Waals surface area contributed by atoms with Crippen molar-refractivity contribution in [3.63, 3.8) is 0 Å². The van der Waals surface area contributed by atoms with Crippen molar-refractivity contribution in [2.24, 2.45) is 0 Å². The fourth-order valence-electron chi connectivity index (χ4n) is 2.64. The van der Waals surface area contributed by atoms with Crippen LogP contribution in [0.2, 0.25) is 0 Å². The lowest BCUT2D eigenvalue weighted by Gasteiger charge is -2.19. The molecule has 0 spiro atoms. The second-order valence-corrected chi connectivity index (χ2v) is 6.60. The largest absolute Gasteiger partial charge is 0.334 e. The van der Waals surface area contributed by atoms with Crippen LogP contribution in [0, 0.1) is 19.7 Å². The van der Waals surface area contributed by atoms with Gasteiger partial charge in [-0.3, -0.25) is 4.79 Å². The summed E-state index contributed by atoms with van der Waals surface area (Å²) in [6.07, 6.45) is 1.28. The van der Waals surface area contributed by atoms with Gasteiger partial charge in [0.25, 0.3) is 0 Å². The van der Waals surface area contributed by atoms with E-state index in [0.717, 1.165) is 28.8 Å². The van der Waals surface area contributed by atoms with Crippen molar-refractivity contribution in [2.45, 2.75) is 46.2 Å². The van der Waals surface area contributed by atoms with E-state index in [4.69, 9.17) is 0 Å². The highest BCUT2D eigenvalue weighted by Crippen LogP contribution is 2.17. The molecule has 1 unspecified atom stereocenters. The fourth-order valence-corrected chi connectivity index (χ4v) is 2.64. The Morgan fingerprint density at radius 1 is 1.07 bits per heavy atom. The van der Waals surface area contributed by atoms with E-state index in [9.17, 15) is 14.0 Å². The molecule has 0 aliphatic heterocycles. The smallest absolute Gasteiger partial charge is 0.315 e. The number of hydrogen-bond donors (Lipinski definition) is 3. The van der Waals surface area contributed by atoms with Gasteiger partial charge in [-0.25, -0.2) is 9.18 Å². The lowest BCUT2D eigenvalue weighted by atomic mass is 10.1. The van der Waals surface area contributed by atoms with Crippen molar-refractivity contribution in [2.75, 3.05) is 5.32 Å². The average molecular weight is 371 g/mol. The first-order chi connectivity index (χ1) is 12.9. The highest BCUT2D eigenvalue weighted by molar-refractivity contribution is 5.97. The van der Waals surface area contributed by atoms with E-state index in [2.05, 4.69) is 16.0 Å². The lowest BCUT2D eigenvalue weighted by molar-refractivity contribution is -0.118. The molecule has 0 aliphatic carbocycles. The Morgan fingerprint density at radius 2 is 1.78 bits per heavy atom. The van der Waals surface area contributed by atoms with Crippen LogP contribution in [-0.2, 0) is 11.3 Å². The van der Waals surface area contributed by atoms with Crippen LogP contribution >= 0.6 is 0 Å².